The van der Waals surface area contributed by atoms with Crippen LogP contribution in [0.5, 0.6) is 0 Å². The van der Waals surface area contributed by atoms with Crippen LogP contribution in [0.25, 0.3) is 0 Å². The topological polar surface area (TPSA) is 82.6 Å². The first kappa shape index (κ1) is 20.5. The first-order chi connectivity index (χ1) is 14.5. The van der Waals surface area contributed by atoms with Crippen LogP contribution < -0.4 is 9.62 Å². The molecule has 9 heteroatoms. The fourth-order valence-electron chi connectivity index (χ4n) is 3.31. The van der Waals surface area contributed by atoms with E-state index in [1.165, 1.54) is 12.1 Å². The van der Waals surface area contributed by atoms with E-state index < -0.39 is 10.0 Å². The molecule has 1 fully saturated rings. The number of hydrogen-bond acceptors (Lipinski definition) is 6. The molecule has 2 heterocycles. The van der Waals surface area contributed by atoms with Gasteiger partial charge in [-0.25, -0.2) is 18.1 Å². The highest BCUT2D eigenvalue weighted by Crippen LogP contribution is 2.20. The molecule has 1 aliphatic rings. The number of piperazine rings is 1. The molecule has 0 aliphatic carbocycles. The number of rotatable bonds is 6. The number of anilines is 1. The predicted molar refractivity (Wildman–Crippen MR) is 117 cm³/mol. The Balaban J connectivity index is 1.42. The van der Waals surface area contributed by atoms with Gasteiger partial charge in [-0.3, -0.25) is 4.79 Å². The molecular formula is C21H22N4O3S2. The van der Waals surface area contributed by atoms with Crippen LogP contribution >= 0.6 is 11.3 Å². The van der Waals surface area contributed by atoms with Crippen molar-refractivity contribution in [1.29, 1.82) is 0 Å². The summed E-state index contributed by atoms with van der Waals surface area (Å²) in [6.07, 6.45) is 1.77. The fourth-order valence-corrected chi connectivity index (χ4v) is 5.07. The molecule has 0 unspecified atom stereocenters. The van der Waals surface area contributed by atoms with Crippen LogP contribution in [0.4, 0.5) is 5.13 Å². The Bertz CT molecular complexity index is 1090. The van der Waals surface area contributed by atoms with E-state index in [0.29, 0.717) is 31.7 Å². The molecular weight excluding hydrogens is 420 g/mol. The third kappa shape index (κ3) is 4.69. The van der Waals surface area contributed by atoms with Crippen LogP contribution in [0.3, 0.4) is 0 Å². The molecule has 4 rings (SSSR count). The van der Waals surface area contributed by atoms with Crippen molar-refractivity contribution in [2.24, 2.45) is 0 Å². The highest BCUT2D eigenvalue weighted by molar-refractivity contribution is 7.89. The van der Waals surface area contributed by atoms with Crippen molar-refractivity contribution in [2.45, 2.75) is 11.4 Å². The van der Waals surface area contributed by atoms with E-state index in [2.05, 4.69) is 14.6 Å². The number of amides is 1. The monoisotopic (exact) mass is 442 g/mol. The summed E-state index contributed by atoms with van der Waals surface area (Å²) >= 11 is 1.58. The minimum Gasteiger partial charge on any atom is -0.345 e. The second kappa shape index (κ2) is 8.95. The molecule has 1 aliphatic heterocycles. The maximum Gasteiger partial charge on any atom is 0.254 e. The minimum absolute atomic E-state index is 0.0886. The zero-order chi connectivity index (χ0) is 21.0. The number of carbonyl (C=O) groups is 1. The third-order valence-corrected chi connectivity index (χ3v) is 7.19. The number of nitrogens with zero attached hydrogens (tertiary/aromatic N) is 3. The number of carbonyl (C=O) groups excluding carboxylic acids is 1. The maximum atomic E-state index is 12.9. The van der Waals surface area contributed by atoms with E-state index in [1.807, 2.05) is 35.7 Å². The van der Waals surface area contributed by atoms with Crippen molar-refractivity contribution in [2.75, 3.05) is 31.1 Å². The van der Waals surface area contributed by atoms with Crippen molar-refractivity contribution in [3.8, 4) is 0 Å². The van der Waals surface area contributed by atoms with Gasteiger partial charge in [0.05, 0.1) is 4.90 Å². The van der Waals surface area contributed by atoms with Gasteiger partial charge in [-0.05, 0) is 23.8 Å². The molecule has 1 N–H and O–H groups in total. The van der Waals surface area contributed by atoms with Gasteiger partial charge in [0.2, 0.25) is 10.0 Å². The molecule has 1 amide bonds. The van der Waals surface area contributed by atoms with Gasteiger partial charge in [0.15, 0.2) is 5.13 Å². The summed E-state index contributed by atoms with van der Waals surface area (Å²) in [5.74, 6) is -0.158. The summed E-state index contributed by atoms with van der Waals surface area (Å²) in [6, 6.07) is 15.5. The molecule has 30 heavy (non-hydrogen) atoms. The van der Waals surface area contributed by atoms with Gasteiger partial charge < -0.3 is 9.80 Å². The Morgan fingerprint density at radius 2 is 1.80 bits per heavy atom. The summed E-state index contributed by atoms with van der Waals surface area (Å²) in [4.78, 5) is 21.2. The van der Waals surface area contributed by atoms with Crippen LogP contribution in [-0.4, -0.2) is 50.4 Å². The zero-order valence-electron chi connectivity index (χ0n) is 16.3. The standard InChI is InChI=1S/C21H22N4O3S2/c26-20(24-10-12-25(13-11-24)21-22-9-14-29-21)18-7-4-8-19(15-18)30(27,28)23-16-17-5-2-1-3-6-17/h1-9,14-15,23H,10-13,16H2. The molecule has 156 valence electrons. The Kier molecular flexibility index (Phi) is 6.12. The van der Waals surface area contributed by atoms with Crippen molar-refractivity contribution in [1.82, 2.24) is 14.6 Å². The van der Waals surface area contributed by atoms with Crippen LogP contribution in [0.15, 0.2) is 71.1 Å². The van der Waals surface area contributed by atoms with E-state index in [9.17, 15) is 13.2 Å². The highest BCUT2D eigenvalue weighted by Gasteiger charge is 2.24. The number of nitrogens with one attached hydrogen (secondary N) is 1. The number of sulfonamides is 1. The molecule has 1 saturated heterocycles. The van der Waals surface area contributed by atoms with Gasteiger partial charge in [0.25, 0.3) is 5.91 Å². The highest BCUT2D eigenvalue weighted by atomic mass is 32.2. The van der Waals surface area contributed by atoms with Gasteiger partial charge in [0, 0.05) is 49.9 Å². The Morgan fingerprint density at radius 3 is 2.50 bits per heavy atom. The number of thiazole rings is 1. The van der Waals surface area contributed by atoms with E-state index >= 15 is 0 Å². The average Bonchev–Trinajstić information content (AvgIpc) is 3.33. The summed E-state index contributed by atoms with van der Waals surface area (Å²) in [6.45, 7) is 2.75. The van der Waals surface area contributed by atoms with Gasteiger partial charge >= 0.3 is 0 Å². The first-order valence-corrected chi connectivity index (χ1v) is 12.0. The first-order valence-electron chi connectivity index (χ1n) is 9.60. The third-order valence-electron chi connectivity index (χ3n) is 4.96. The maximum absolute atomic E-state index is 12.9. The van der Waals surface area contributed by atoms with Crippen LogP contribution in [0.2, 0.25) is 0 Å². The normalized spacial score (nSPS) is 14.7. The largest absolute Gasteiger partial charge is 0.345 e. The quantitative estimate of drug-likeness (QED) is 0.635. The average molecular weight is 443 g/mol. The van der Waals surface area contributed by atoms with E-state index in [-0.39, 0.29) is 17.3 Å². The summed E-state index contributed by atoms with van der Waals surface area (Å²) in [7, 11) is -3.72. The van der Waals surface area contributed by atoms with Crippen molar-refractivity contribution >= 4 is 32.4 Å². The van der Waals surface area contributed by atoms with Gasteiger partial charge in [-0.15, -0.1) is 11.3 Å². The molecule has 3 aromatic rings. The lowest BCUT2D eigenvalue weighted by Crippen LogP contribution is -2.48. The summed E-state index contributed by atoms with van der Waals surface area (Å²) in [5, 5.41) is 2.89. The van der Waals surface area contributed by atoms with E-state index in [4.69, 9.17) is 0 Å². The van der Waals surface area contributed by atoms with E-state index in [1.54, 1.807) is 34.6 Å². The summed E-state index contributed by atoms with van der Waals surface area (Å²) < 4.78 is 28.0. The van der Waals surface area contributed by atoms with Crippen LogP contribution in [-0.2, 0) is 16.6 Å². The van der Waals surface area contributed by atoms with Crippen molar-refractivity contribution in [3.05, 3.63) is 77.3 Å². The lowest BCUT2D eigenvalue weighted by atomic mass is 10.2. The van der Waals surface area contributed by atoms with Gasteiger partial charge in [-0.1, -0.05) is 36.4 Å². The zero-order valence-corrected chi connectivity index (χ0v) is 17.9. The second-order valence-corrected chi connectivity index (χ2v) is 9.57. The van der Waals surface area contributed by atoms with Gasteiger partial charge in [0.1, 0.15) is 0 Å². The fraction of sp³-hybridized carbons (Fsp3) is 0.238. The van der Waals surface area contributed by atoms with Crippen molar-refractivity contribution in [3.63, 3.8) is 0 Å². The van der Waals surface area contributed by atoms with Gasteiger partial charge in [-0.2, -0.15) is 0 Å². The number of aromatic nitrogens is 1. The predicted octanol–water partition coefficient (Wildman–Crippen LogP) is 2.58. The SMILES string of the molecule is O=C(c1cccc(S(=O)(=O)NCc2ccccc2)c1)N1CCN(c2nccs2)CC1. The second-order valence-electron chi connectivity index (χ2n) is 6.93. The van der Waals surface area contributed by atoms with Crippen LogP contribution in [0, 0.1) is 0 Å². The summed E-state index contributed by atoms with van der Waals surface area (Å²) in [5.41, 5.74) is 1.24. The molecule has 1 aromatic heterocycles. The van der Waals surface area contributed by atoms with E-state index in [0.717, 1.165) is 10.7 Å². The number of hydrogen-bond donors (Lipinski definition) is 1. The van der Waals surface area contributed by atoms with Crippen LogP contribution in [0.1, 0.15) is 15.9 Å². The smallest absolute Gasteiger partial charge is 0.254 e. The molecule has 7 nitrogen and oxygen atoms in total. The Labute approximate surface area is 180 Å². The molecule has 0 spiro atoms. The Hall–Kier alpha value is -2.75. The molecule has 2 aromatic carbocycles. The number of benzene rings is 2. The molecule has 0 bridgehead atoms. The molecule has 0 atom stereocenters. The molecule has 0 saturated carbocycles. The lowest BCUT2D eigenvalue weighted by Gasteiger charge is -2.34. The Morgan fingerprint density at radius 1 is 1.03 bits per heavy atom. The van der Waals surface area contributed by atoms with Crippen molar-refractivity contribution < 1.29 is 13.2 Å². The lowest BCUT2D eigenvalue weighted by molar-refractivity contribution is 0.0746. The minimum atomic E-state index is -3.72. The molecule has 0 radical (unpaired) electrons.